The van der Waals surface area contributed by atoms with Crippen molar-refractivity contribution in [3.8, 4) is 0 Å². The van der Waals surface area contributed by atoms with Gasteiger partial charge < -0.3 is 15.1 Å². The number of aryl methyl sites for hydroxylation is 1. The van der Waals surface area contributed by atoms with Crippen LogP contribution in [-0.4, -0.2) is 58.8 Å². The number of aromatic nitrogens is 2. The molecule has 0 radical (unpaired) electrons. The smallest absolute Gasteiger partial charge is 0.257 e. The molecule has 2 aliphatic rings. The Balaban J connectivity index is 1.45. The number of hydrogen-bond donors (Lipinski definition) is 1. The van der Waals surface area contributed by atoms with Crippen molar-refractivity contribution in [2.24, 2.45) is 5.92 Å². The zero-order chi connectivity index (χ0) is 24.1. The summed E-state index contributed by atoms with van der Waals surface area (Å²) in [5.41, 5.74) is 3.99. The van der Waals surface area contributed by atoms with Gasteiger partial charge in [-0.15, -0.1) is 0 Å². The Bertz CT molecular complexity index is 1050. The molecule has 1 N–H and O–H groups in total. The third-order valence-corrected chi connectivity index (χ3v) is 8.09. The number of pyridine rings is 1. The molecular weight excluding hydrogens is 446 g/mol. The van der Waals surface area contributed by atoms with Gasteiger partial charge in [-0.25, -0.2) is 4.98 Å². The summed E-state index contributed by atoms with van der Waals surface area (Å²) < 4.78 is 4.51. The Morgan fingerprint density at radius 1 is 1.21 bits per heavy atom. The van der Waals surface area contributed by atoms with Crippen LogP contribution in [0, 0.1) is 12.8 Å². The van der Waals surface area contributed by atoms with E-state index in [-0.39, 0.29) is 17.7 Å². The number of carbonyl (C=O) groups is 2. The van der Waals surface area contributed by atoms with Crippen LogP contribution >= 0.6 is 11.5 Å². The van der Waals surface area contributed by atoms with E-state index in [4.69, 9.17) is 0 Å². The highest BCUT2D eigenvalue weighted by atomic mass is 32.1. The minimum absolute atomic E-state index is 0.0110. The lowest BCUT2D eigenvalue weighted by Gasteiger charge is -2.35. The van der Waals surface area contributed by atoms with Crippen molar-refractivity contribution in [1.29, 1.82) is 0 Å². The molecule has 1 aliphatic carbocycles. The molecule has 3 heterocycles. The van der Waals surface area contributed by atoms with Crippen LogP contribution in [-0.2, 0) is 4.79 Å². The highest BCUT2D eigenvalue weighted by molar-refractivity contribution is 7.13. The number of allylic oxidation sites excluding steroid dienone is 1. The molecule has 1 fully saturated rings. The van der Waals surface area contributed by atoms with Crippen molar-refractivity contribution in [2.75, 3.05) is 37.6 Å². The third kappa shape index (κ3) is 5.27. The first-order chi connectivity index (χ1) is 16.5. The summed E-state index contributed by atoms with van der Waals surface area (Å²) in [7, 11) is 0. The molecule has 0 atom stereocenters. The van der Waals surface area contributed by atoms with E-state index in [1.54, 1.807) is 6.20 Å². The molecule has 0 aromatic carbocycles. The number of nitrogens with zero attached hydrogens (tertiary/aromatic N) is 4. The van der Waals surface area contributed by atoms with E-state index in [2.05, 4.69) is 25.7 Å². The van der Waals surface area contributed by atoms with E-state index >= 15 is 0 Å². The van der Waals surface area contributed by atoms with Gasteiger partial charge in [0.25, 0.3) is 5.91 Å². The number of piperidine rings is 1. The first-order valence-corrected chi connectivity index (χ1v) is 13.6. The van der Waals surface area contributed by atoms with Gasteiger partial charge in [-0.1, -0.05) is 11.6 Å². The van der Waals surface area contributed by atoms with Gasteiger partial charge in [0.05, 0.1) is 22.3 Å². The molecule has 0 saturated carbocycles. The Labute approximate surface area is 206 Å². The quantitative estimate of drug-likeness (QED) is 0.551. The summed E-state index contributed by atoms with van der Waals surface area (Å²) in [4.78, 5) is 35.7. The van der Waals surface area contributed by atoms with Crippen molar-refractivity contribution in [3.63, 3.8) is 0 Å². The fraction of sp³-hybridized carbons (Fsp3) is 0.615. The molecule has 7 nitrogen and oxygen atoms in total. The molecule has 4 rings (SSSR count). The molecule has 2 aromatic heterocycles. The van der Waals surface area contributed by atoms with Crippen LogP contribution in [0.5, 0.6) is 0 Å². The average Bonchev–Trinajstić information content (AvgIpc) is 3.25. The van der Waals surface area contributed by atoms with Crippen LogP contribution in [0.1, 0.15) is 74.8 Å². The largest absolute Gasteiger partial charge is 0.370 e. The molecule has 8 heteroatoms. The normalized spacial score (nSPS) is 17.0. The molecular formula is C26H37N5O2S. The number of fused-ring (bicyclic) bond motifs is 1. The highest BCUT2D eigenvalue weighted by Crippen LogP contribution is 2.36. The maximum absolute atomic E-state index is 13.3. The molecule has 1 saturated heterocycles. The van der Waals surface area contributed by atoms with Crippen LogP contribution in [0.15, 0.2) is 17.8 Å². The molecule has 2 amide bonds. The second kappa shape index (κ2) is 11.3. The maximum Gasteiger partial charge on any atom is 0.257 e. The van der Waals surface area contributed by atoms with E-state index in [0.29, 0.717) is 18.7 Å². The number of hydrogen-bond acceptors (Lipinski definition) is 6. The summed E-state index contributed by atoms with van der Waals surface area (Å²) in [6.07, 6.45) is 11.5. The summed E-state index contributed by atoms with van der Waals surface area (Å²) in [5.74, 6) is 0.207. The van der Waals surface area contributed by atoms with Gasteiger partial charge in [0.1, 0.15) is 4.83 Å². The lowest BCUT2D eigenvalue weighted by molar-refractivity contribution is -0.125. The van der Waals surface area contributed by atoms with Crippen molar-refractivity contribution in [3.05, 3.63) is 29.1 Å². The summed E-state index contributed by atoms with van der Waals surface area (Å²) in [6.45, 7) is 9.53. The number of anilines is 1. The van der Waals surface area contributed by atoms with Crippen molar-refractivity contribution < 1.29 is 9.59 Å². The second-order valence-electron chi connectivity index (χ2n) is 9.36. The molecule has 34 heavy (non-hydrogen) atoms. The summed E-state index contributed by atoms with van der Waals surface area (Å²) in [5, 5.41) is 4.15. The zero-order valence-electron chi connectivity index (χ0n) is 20.7. The molecule has 0 unspecified atom stereocenters. The summed E-state index contributed by atoms with van der Waals surface area (Å²) >= 11 is 1.38. The number of amides is 2. The lowest BCUT2D eigenvalue weighted by Crippen LogP contribution is -2.42. The van der Waals surface area contributed by atoms with Crippen LogP contribution < -0.4 is 10.2 Å². The zero-order valence-corrected chi connectivity index (χ0v) is 21.5. The first-order valence-electron chi connectivity index (χ1n) is 12.8. The van der Waals surface area contributed by atoms with E-state index in [1.165, 1.54) is 42.8 Å². The van der Waals surface area contributed by atoms with Crippen molar-refractivity contribution >= 4 is 39.3 Å². The Kier molecular flexibility index (Phi) is 8.19. The molecule has 184 valence electrons. The van der Waals surface area contributed by atoms with Crippen LogP contribution in [0.2, 0.25) is 0 Å². The molecule has 2 aromatic rings. The number of nitrogens with one attached hydrogen (secondary N) is 1. The van der Waals surface area contributed by atoms with E-state index < -0.39 is 0 Å². The van der Waals surface area contributed by atoms with E-state index in [1.807, 2.05) is 25.7 Å². The third-order valence-electron chi connectivity index (χ3n) is 7.24. The average molecular weight is 484 g/mol. The van der Waals surface area contributed by atoms with Crippen molar-refractivity contribution in [2.45, 2.75) is 65.7 Å². The number of rotatable bonds is 8. The van der Waals surface area contributed by atoms with Gasteiger partial charge in [0.15, 0.2) is 0 Å². The van der Waals surface area contributed by atoms with E-state index in [9.17, 15) is 9.59 Å². The van der Waals surface area contributed by atoms with Gasteiger partial charge in [0.2, 0.25) is 5.91 Å². The molecule has 0 bridgehead atoms. The van der Waals surface area contributed by atoms with E-state index in [0.717, 1.165) is 60.5 Å². The lowest BCUT2D eigenvalue weighted by atomic mass is 9.94. The number of carbonyl (C=O) groups excluding carboxylic acids is 2. The summed E-state index contributed by atoms with van der Waals surface area (Å²) in [6, 6.07) is 0. The first kappa shape index (κ1) is 24.6. The Hall–Kier alpha value is -2.48. The van der Waals surface area contributed by atoms with Crippen LogP contribution in [0.3, 0.4) is 0 Å². The predicted molar refractivity (Wildman–Crippen MR) is 139 cm³/mol. The van der Waals surface area contributed by atoms with Gasteiger partial charge in [-0.3, -0.25) is 9.59 Å². The molecule has 0 spiro atoms. The van der Waals surface area contributed by atoms with Crippen molar-refractivity contribution in [1.82, 2.24) is 19.6 Å². The van der Waals surface area contributed by atoms with Gasteiger partial charge in [-0.05, 0) is 77.2 Å². The fourth-order valence-corrected chi connectivity index (χ4v) is 5.94. The second-order valence-corrected chi connectivity index (χ2v) is 10.1. The minimum Gasteiger partial charge on any atom is -0.370 e. The predicted octanol–water partition coefficient (Wildman–Crippen LogP) is 4.70. The molecule has 1 aliphatic heterocycles. The fourth-order valence-electron chi connectivity index (χ4n) is 5.19. The van der Waals surface area contributed by atoms with Crippen LogP contribution in [0.4, 0.5) is 5.69 Å². The highest BCUT2D eigenvalue weighted by Gasteiger charge is 2.30. The SMILES string of the molecule is CCN(CC)C(=O)c1cnc2snc(C)c2c1N1CCC(C(=O)NCCC2=CCCCC2)CC1. The maximum atomic E-state index is 13.3. The monoisotopic (exact) mass is 483 g/mol. The Morgan fingerprint density at radius 3 is 2.65 bits per heavy atom. The standard InChI is InChI=1S/C26H37N5O2S/c1-4-30(5-2)26(33)21-17-28-25-22(18(3)29-34-25)23(21)31-15-12-20(13-16-31)24(32)27-14-11-19-9-7-6-8-10-19/h9,17,20H,4-8,10-16H2,1-3H3,(H,27,32). The Morgan fingerprint density at radius 2 is 1.97 bits per heavy atom. The minimum atomic E-state index is 0.0110. The van der Waals surface area contributed by atoms with Gasteiger partial charge in [-0.2, -0.15) is 4.37 Å². The van der Waals surface area contributed by atoms with Gasteiger partial charge in [0, 0.05) is 44.8 Å². The van der Waals surface area contributed by atoms with Gasteiger partial charge >= 0.3 is 0 Å². The topological polar surface area (TPSA) is 78.4 Å². The van der Waals surface area contributed by atoms with Crippen LogP contribution in [0.25, 0.3) is 10.2 Å².